The molecule has 0 spiro atoms. The summed E-state index contributed by atoms with van der Waals surface area (Å²) in [6.07, 6.45) is 0.591. The molecule has 0 N–H and O–H groups in total. The highest BCUT2D eigenvalue weighted by molar-refractivity contribution is 5.72. The summed E-state index contributed by atoms with van der Waals surface area (Å²) >= 11 is 0. The van der Waals surface area contributed by atoms with Gasteiger partial charge in [0.2, 0.25) is 0 Å². The molecule has 0 aliphatic rings. The lowest BCUT2D eigenvalue weighted by Crippen LogP contribution is -2.17. The number of terminal acetylenes is 1. The summed E-state index contributed by atoms with van der Waals surface area (Å²) in [7, 11) is 0. The zero-order valence-corrected chi connectivity index (χ0v) is 12.2. The van der Waals surface area contributed by atoms with Gasteiger partial charge >= 0.3 is 6.36 Å². The van der Waals surface area contributed by atoms with Crippen LogP contribution >= 0.6 is 0 Å². The lowest BCUT2D eigenvalue weighted by Gasteiger charge is -2.15. The molecule has 0 aliphatic heterocycles. The first kappa shape index (κ1) is 16.0. The average Bonchev–Trinajstić information content (AvgIpc) is 2.46. The van der Waals surface area contributed by atoms with Crippen LogP contribution in [0.1, 0.15) is 30.9 Å². The molecule has 0 fully saturated rings. The summed E-state index contributed by atoms with van der Waals surface area (Å²) < 4.78 is 41.8. The van der Waals surface area contributed by atoms with Gasteiger partial charge in [-0.15, -0.1) is 19.6 Å². The van der Waals surface area contributed by atoms with E-state index in [1.807, 2.05) is 32.0 Å². The third kappa shape index (κ3) is 3.82. The van der Waals surface area contributed by atoms with Crippen LogP contribution in [0.4, 0.5) is 13.2 Å². The molecule has 4 heteroatoms. The zero-order valence-electron chi connectivity index (χ0n) is 12.2. The van der Waals surface area contributed by atoms with Gasteiger partial charge in [0.15, 0.2) is 0 Å². The molecule has 0 saturated carbocycles. The van der Waals surface area contributed by atoms with Crippen molar-refractivity contribution in [2.75, 3.05) is 0 Å². The van der Waals surface area contributed by atoms with Crippen LogP contribution in [0.3, 0.4) is 0 Å². The average molecular weight is 304 g/mol. The van der Waals surface area contributed by atoms with Crippen LogP contribution in [0.15, 0.2) is 42.5 Å². The Hall–Kier alpha value is -2.41. The van der Waals surface area contributed by atoms with Crippen molar-refractivity contribution >= 4 is 0 Å². The highest BCUT2D eigenvalue weighted by Crippen LogP contribution is 2.35. The first-order valence-electron chi connectivity index (χ1n) is 6.77. The smallest absolute Gasteiger partial charge is 0.405 e. The minimum absolute atomic E-state index is 0.257. The zero-order chi connectivity index (χ0) is 16.3. The largest absolute Gasteiger partial charge is 0.573 e. The van der Waals surface area contributed by atoms with Crippen molar-refractivity contribution in [3.63, 3.8) is 0 Å². The molecular weight excluding hydrogens is 289 g/mol. The molecule has 0 radical (unpaired) electrons. The van der Waals surface area contributed by atoms with E-state index in [9.17, 15) is 13.2 Å². The van der Waals surface area contributed by atoms with Crippen molar-refractivity contribution in [2.45, 2.75) is 26.1 Å². The molecular formula is C18H15F3O. The Balaban J connectivity index is 2.56. The van der Waals surface area contributed by atoms with Gasteiger partial charge in [0.25, 0.3) is 0 Å². The van der Waals surface area contributed by atoms with Crippen molar-refractivity contribution in [1.82, 2.24) is 0 Å². The molecule has 0 atom stereocenters. The van der Waals surface area contributed by atoms with E-state index in [0.29, 0.717) is 16.7 Å². The molecule has 0 aromatic heterocycles. The molecule has 1 nitrogen and oxygen atoms in total. The van der Waals surface area contributed by atoms with Gasteiger partial charge in [-0.2, -0.15) is 0 Å². The van der Waals surface area contributed by atoms with E-state index in [-0.39, 0.29) is 11.7 Å². The van der Waals surface area contributed by atoms with E-state index >= 15 is 0 Å². The molecule has 0 amide bonds. The molecule has 0 heterocycles. The fourth-order valence-electron chi connectivity index (χ4n) is 2.12. The number of benzene rings is 2. The summed E-state index contributed by atoms with van der Waals surface area (Å²) in [6.45, 7) is 4.04. The van der Waals surface area contributed by atoms with Crippen LogP contribution < -0.4 is 4.74 Å². The van der Waals surface area contributed by atoms with Crippen molar-refractivity contribution < 1.29 is 17.9 Å². The maximum atomic E-state index is 12.6. The normalized spacial score (nSPS) is 11.3. The third-order valence-corrected chi connectivity index (χ3v) is 3.24. The lowest BCUT2D eigenvalue weighted by atomic mass is 9.96. The SMILES string of the molecule is C#Cc1ccc(OC(F)(F)F)c(-c2cccc(C(C)C)c2)c1. The molecule has 2 aromatic carbocycles. The summed E-state index contributed by atoms with van der Waals surface area (Å²) in [6, 6.07) is 11.5. The van der Waals surface area contributed by atoms with Gasteiger partial charge in [-0.25, -0.2) is 0 Å². The van der Waals surface area contributed by atoms with Crippen molar-refractivity contribution in [2.24, 2.45) is 0 Å². The topological polar surface area (TPSA) is 9.23 Å². The Morgan fingerprint density at radius 1 is 1.09 bits per heavy atom. The van der Waals surface area contributed by atoms with E-state index in [2.05, 4.69) is 10.7 Å². The Labute approximate surface area is 127 Å². The monoisotopic (exact) mass is 304 g/mol. The van der Waals surface area contributed by atoms with Gasteiger partial charge in [-0.05, 0) is 35.2 Å². The fourth-order valence-corrected chi connectivity index (χ4v) is 2.12. The minimum Gasteiger partial charge on any atom is -0.405 e. The predicted molar refractivity (Wildman–Crippen MR) is 80.6 cm³/mol. The van der Waals surface area contributed by atoms with Crippen LogP contribution in [0.5, 0.6) is 5.75 Å². The highest BCUT2D eigenvalue weighted by atomic mass is 19.4. The highest BCUT2D eigenvalue weighted by Gasteiger charge is 2.32. The van der Waals surface area contributed by atoms with E-state index < -0.39 is 6.36 Å². The van der Waals surface area contributed by atoms with E-state index in [1.54, 1.807) is 6.07 Å². The Morgan fingerprint density at radius 3 is 2.41 bits per heavy atom. The first-order chi connectivity index (χ1) is 10.3. The van der Waals surface area contributed by atoms with Crippen LogP contribution in [0.2, 0.25) is 0 Å². The van der Waals surface area contributed by atoms with E-state index in [0.717, 1.165) is 5.56 Å². The molecule has 0 aliphatic carbocycles. The van der Waals surface area contributed by atoms with Crippen molar-refractivity contribution in [3.05, 3.63) is 53.6 Å². The Bertz CT molecular complexity index is 709. The second-order valence-electron chi connectivity index (χ2n) is 5.18. The predicted octanol–water partition coefficient (Wildman–Crippen LogP) is 5.36. The van der Waals surface area contributed by atoms with E-state index in [1.165, 1.54) is 18.2 Å². The van der Waals surface area contributed by atoms with Gasteiger partial charge in [-0.3, -0.25) is 0 Å². The van der Waals surface area contributed by atoms with Crippen LogP contribution in [0, 0.1) is 12.3 Å². The summed E-state index contributed by atoms with van der Waals surface area (Å²) in [5, 5.41) is 0. The summed E-state index contributed by atoms with van der Waals surface area (Å²) in [5.41, 5.74) is 2.50. The minimum atomic E-state index is -4.75. The van der Waals surface area contributed by atoms with Crippen molar-refractivity contribution in [1.29, 1.82) is 0 Å². The number of rotatable bonds is 3. The maximum Gasteiger partial charge on any atom is 0.573 e. The number of ether oxygens (including phenoxy) is 1. The molecule has 22 heavy (non-hydrogen) atoms. The van der Waals surface area contributed by atoms with Gasteiger partial charge < -0.3 is 4.74 Å². The van der Waals surface area contributed by atoms with Crippen LogP contribution in [0.25, 0.3) is 11.1 Å². The fraction of sp³-hybridized carbons (Fsp3) is 0.222. The van der Waals surface area contributed by atoms with Crippen LogP contribution in [-0.2, 0) is 0 Å². The summed E-state index contributed by atoms with van der Waals surface area (Å²) in [4.78, 5) is 0. The first-order valence-corrected chi connectivity index (χ1v) is 6.77. The summed E-state index contributed by atoms with van der Waals surface area (Å²) in [5.74, 6) is 2.44. The second-order valence-corrected chi connectivity index (χ2v) is 5.18. The van der Waals surface area contributed by atoms with E-state index in [4.69, 9.17) is 6.42 Å². The molecule has 2 aromatic rings. The second kappa shape index (κ2) is 6.15. The molecule has 0 unspecified atom stereocenters. The quantitative estimate of drug-likeness (QED) is 0.694. The Morgan fingerprint density at radius 2 is 1.82 bits per heavy atom. The van der Waals surface area contributed by atoms with Gasteiger partial charge in [0.1, 0.15) is 5.75 Å². The number of alkyl halides is 3. The van der Waals surface area contributed by atoms with Gasteiger partial charge in [0, 0.05) is 11.1 Å². The Kier molecular flexibility index (Phi) is 4.46. The molecule has 2 rings (SSSR count). The number of hydrogen-bond donors (Lipinski definition) is 0. The maximum absolute atomic E-state index is 12.6. The van der Waals surface area contributed by atoms with Gasteiger partial charge in [0.05, 0.1) is 0 Å². The number of hydrogen-bond acceptors (Lipinski definition) is 1. The number of halogens is 3. The lowest BCUT2D eigenvalue weighted by molar-refractivity contribution is -0.274. The molecule has 0 bridgehead atoms. The van der Waals surface area contributed by atoms with Gasteiger partial charge in [-0.1, -0.05) is 44.0 Å². The molecule has 0 saturated heterocycles. The third-order valence-electron chi connectivity index (χ3n) is 3.24. The molecule has 114 valence electrons. The van der Waals surface area contributed by atoms with Crippen molar-refractivity contribution in [3.8, 4) is 29.2 Å². The standard InChI is InChI=1S/C18H15F3O/c1-4-13-8-9-17(22-18(19,20)21)16(10-13)15-7-5-6-14(11-15)12(2)3/h1,5-12H,2-3H3. The van der Waals surface area contributed by atoms with Crippen LogP contribution in [-0.4, -0.2) is 6.36 Å².